The van der Waals surface area contributed by atoms with E-state index in [1.165, 1.54) is 5.56 Å². The number of piperidine rings is 1. The van der Waals surface area contributed by atoms with Crippen LogP contribution in [-0.4, -0.2) is 18.4 Å². The van der Waals surface area contributed by atoms with E-state index in [0.29, 0.717) is 18.6 Å². The Kier molecular flexibility index (Phi) is 3.20. The molecule has 3 heteroatoms. The highest BCUT2D eigenvalue weighted by Crippen LogP contribution is 2.31. The van der Waals surface area contributed by atoms with Gasteiger partial charge in [0.1, 0.15) is 5.78 Å². The van der Waals surface area contributed by atoms with Gasteiger partial charge in [0, 0.05) is 25.4 Å². The van der Waals surface area contributed by atoms with Gasteiger partial charge in [-0.15, -0.1) is 0 Å². The molecular formula is C13H16ClNO. The first-order valence-corrected chi connectivity index (χ1v) is 6.00. The summed E-state index contributed by atoms with van der Waals surface area (Å²) in [4.78, 5) is 13.6. The maximum Gasteiger partial charge on any atom is 0.136 e. The summed E-state index contributed by atoms with van der Waals surface area (Å²) < 4.78 is 0. The van der Waals surface area contributed by atoms with Crippen LogP contribution in [0, 0.1) is 6.92 Å². The van der Waals surface area contributed by atoms with E-state index in [4.69, 9.17) is 11.6 Å². The van der Waals surface area contributed by atoms with Gasteiger partial charge in [-0.25, -0.2) is 0 Å². The predicted octanol–water partition coefficient (Wildman–Crippen LogP) is 3.21. The van der Waals surface area contributed by atoms with Gasteiger partial charge in [-0.1, -0.05) is 17.7 Å². The molecule has 0 amide bonds. The summed E-state index contributed by atoms with van der Waals surface area (Å²) in [5, 5.41) is 0.770. The van der Waals surface area contributed by atoms with Crippen molar-refractivity contribution in [1.29, 1.82) is 0 Å². The molecule has 0 aliphatic carbocycles. The van der Waals surface area contributed by atoms with E-state index in [-0.39, 0.29) is 6.04 Å². The summed E-state index contributed by atoms with van der Waals surface area (Å²) in [6.45, 7) is 4.92. The van der Waals surface area contributed by atoms with E-state index < -0.39 is 0 Å². The summed E-state index contributed by atoms with van der Waals surface area (Å²) in [6, 6.07) is 6.27. The fraction of sp³-hybridized carbons (Fsp3) is 0.462. The first kappa shape index (κ1) is 11.5. The van der Waals surface area contributed by atoms with Crippen LogP contribution in [0.5, 0.6) is 0 Å². The number of Topliss-reactive ketones (excluding diaryl/α,β-unsaturated/α-hetero) is 1. The second-order valence-corrected chi connectivity index (χ2v) is 4.90. The van der Waals surface area contributed by atoms with Gasteiger partial charge in [-0.3, -0.25) is 4.79 Å². The van der Waals surface area contributed by atoms with E-state index >= 15 is 0 Å². The lowest BCUT2D eigenvalue weighted by Crippen LogP contribution is -2.41. The average molecular weight is 238 g/mol. The Bertz CT molecular complexity index is 416. The second kappa shape index (κ2) is 4.46. The van der Waals surface area contributed by atoms with Crippen molar-refractivity contribution in [3.63, 3.8) is 0 Å². The third-order valence-corrected chi connectivity index (χ3v) is 3.42. The number of nitrogens with zero attached hydrogens (tertiary/aromatic N) is 1. The zero-order chi connectivity index (χ0) is 11.7. The molecule has 1 saturated heterocycles. The third kappa shape index (κ3) is 2.22. The Morgan fingerprint density at radius 2 is 2.19 bits per heavy atom. The molecule has 1 aliphatic heterocycles. The van der Waals surface area contributed by atoms with Crippen molar-refractivity contribution in [2.45, 2.75) is 32.7 Å². The number of rotatable bonds is 1. The molecule has 1 aliphatic rings. The number of hydrogen-bond donors (Lipinski definition) is 0. The fourth-order valence-electron chi connectivity index (χ4n) is 2.21. The van der Waals surface area contributed by atoms with Crippen molar-refractivity contribution in [2.75, 3.05) is 11.4 Å². The van der Waals surface area contributed by atoms with Gasteiger partial charge in [-0.05, 0) is 31.5 Å². The summed E-state index contributed by atoms with van der Waals surface area (Å²) in [6.07, 6.45) is 1.26. The molecule has 0 spiro atoms. The van der Waals surface area contributed by atoms with Crippen LogP contribution in [0.25, 0.3) is 0 Å². The quantitative estimate of drug-likeness (QED) is 0.748. The first-order valence-electron chi connectivity index (χ1n) is 5.62. The van der Waals surface area contributed by atoms with Gasteiger partial charge >= 0.3 is 0 Å². The van der Waals surface area contributed by atoms with E-state index in [2.05, 4.69) is 24.8 Å². The zero-order valence-electron chi connectivity index (χ0n) is 9.66. The standard InChI is InChI=1S/C13H16ClNO/c1-9-3-4-12(14)13(7-9)15-6-5-11(16)8-10(15)2/h3-4,7,10H,5-6,8H2,1-2H3. The molecule has 16 heavy (non-hydrogen) atoms. The first-order chi connectivity index (χ1) is 7.58. The van der Waals surface area contributed by atoms with Crippen molar-refractivity contribution >= 4 is 23.1 Å². The van der Waals surface area contributed by atoms with Crippen LogP contribution in [0.4, 0.5) is 5.69 Å². The lowest BCUT2D eigenvalue weighted by molar-refractivity contribution is -0.120. The monoisotopic (exact) mass is 237 g/mol. The number of hydrogen-bond acceptors (Lipinski definition) is 2. The van der Waals surface area contributed by atoms with Gasteiger partial charge in [0.2, 0.25) is 0 Å². The van der Waals surface area contributed by atoms with E-state index in [0.717, 1.165) is 17.3 Å². The van der Waals surface area contributed by atoms with Crippen molar-refractivity contribution in [2.24, 2.45) is 0 Å². The molecule has 1 heterocycles. The Labute approximate surface area is 101 Å². The largest absolute Gasteiger partial charge is 0.367 e. The van der Waals surface area contributed by atoms with Crippen LogP contribution >= 0.6 is 11.6 Å². The third-order valence-electron chi connectivity index (χ3n) is 3.10. The lowest BCUT2D eigenvalue weighted by atomic mass is 10.0. The fourth-order valence-corrected chi connectivity index (χ4v) is 2.43. The minimum Gasteiger partial charge on any atom is -0.367 e. The Morgan fingerprint density at radius 3 is 2.88 bits per heavy atom. The lowest BCUT2D eigenvalue weighted by Gasteiger charge is -2.35. The highest BCUT2D eigenvalue weighted by atomic mass is 35.5. The molecule has 1 aromatic carbocycles. The number of halogens is 1. The zero-order valence-corrected chi connectivity index (χ0v) is 10.4. The molecule has 1 atom stereocenters. The van der Waals surface area contributed by atoms with Crippen LogP contribution in [0.3, 0.4) is 0 Å². The van der Waals surface area contributed by atoms with E-state index in [9.17, 15) is 4.79 Å². The van der Waals surface area contributed by atoms with Crippen LogP contribution in [0.1, 0.15) is 25.3 Å². The van der Waals surface area contributed by atoms with Gasteiger partial charge in [0.15, 0.2) is 0 Å². The molecule has 0 aromatic heterocycles. The minimum atomic E-state index is 0.251. The predicted molar refractivity (Wildman–Crippen MR) is 67.2 cm³/mol. The Balaban J connectivity index is 2.29. The van der Waals surface area contributed by atoms with Crippen LogP contribution < -0.4 is 4.90 Å². The molecule has 1 unspecified atom stereocenters. The number of carbonyl (C=O) groups is 1. The van der Waals surface area contributed by atoms with Crippen LogP contribution in [0.15, 0.2) is 18.2 Å². The molecule has 0 saturated carbocycles. The van der Waals surface area contributed by atoms with Gasteiger partial charge < -0.3 is 4.90 Å². The molecule has 86 valence electrons. The number of aryl methyl sites for hydroxylation is 1. The van der Waals surface area contributed by atoms with Crippen molar-refractivity contribution in [1.82, 2.24) is 0 Å². The molecular weight excluding hydrogens is 222 g/mol. The van der Waals surface area contributed by atoms with Crippen LogP contribution in [-0.2, 0) is 4.79 Å². The van der Waals surface area contributed by atoms with E-state index in [1.807, 2.05) is 12.1 Å². The summed E-state index contributed by atoms with van der Waals surface area (Å²) >= 11 is 6.20. The molecule has 2 rings (SSSR count). The maximum absolute atomic E-state index is 11.3. The van der Waals surface area contributed by atoms with Gasteiger partial charge in [0.25, 0.3) is 0 Å². The number of anilines is 1. The Morgan fingerprint density at radius 1 is 1.44 bits per heavy atom. The molecule has 0 bridgehead atoms. The van der Waals surface area contributed by atoms with Crippen molar-refractivity contribution in [3.05, 3.63) is 28.8 Å². The molecule has 1 aromatic rings. The van der Waals surface area contributed by atoms with Crippen molar-refractivity contribution < 1.29 is 4.79 Å². The maximum atomic E-state index is 11.3. The SMILES string of the molecule is Cc1ccc(Cl)c(N2CCC(=O)CC2C)c1. The highest BCUT2D eigenvalue weighted by molar-refractivity contribution is 6.33. The molecule has 0 radical (unpaired) electrons. The molecule has 1 fully saturated rings. The van der Waals surface area contributed by atoms with Gasteiger partial charge in [-0.2, -0.15) is 0 Å². The van der Waals surface area contributed by atoms with E-state index in [1.54, 1.807) is 0 Å². The number of carbonyl (C=O) groups excluding carboxylic acids is 1. The average Bonchev–Trinajstić information content (AvgIpc) is 2.22. The number of benzene rings is 1. The highest BCUT2D eigenvalue weighted by Gasteiger charge is 2.24. The Hall–Kier alpha value is -1.02. The summed E-state index contributed by atoms with van der Waals surface area (Å²) in [5.41, 5.74) is 2.25. The topological polar surface area (TPSA) is 20.3 Å². The van der Waals surface area contributed by atoms with Gasteiger partial charge in [0.05, 0.1) is 10.7 Å². The smallest absolute Gasteiger partial charge is 0.136 e. The van der Waals surface area contributed by atoms with Crippen LogP contribution in [0.2, 0.25) is 5.02 Å². The number of ketones is 1. The normalized spacial score (nSPS) is 21.3. The molecule has 0 N–H and O–H groups in total. The molecule has 2 nitrogen and oxygen atoms in total. The second-order valence-electron chi connectivity index (χ2n) is 4.49. The minimum absolute atomic E-state index is 0.251. The summed E-state index contributed by atoms with van der Waals surface area (Å²) in [7, 11) is 0. The summed E-state index contributed by atoms with van der Waals surface area (Å²) in [5.74, 6) is 0.354. The van der Waals surface area contributed by atoms with Crippen molar-refractivity contribution in [3.8, 4) is 0 Å².